The first-order chi connectivity index (χ1) is 19.0. The van der Waals surface area contributed by atoms with E-state index >= 15 is 0 Å². The number of methoxy groups -OCH3 is 1. The topological polar surface area (TPSA) is 101 Å². The van der Waals surface area contributed by atoms with Crippen molar-refractivity contribution in [2.24, 2.45) is 0 Å². The Hall–Kier alpha value is -3.01. The molecule has 0 unspecified atom stereocenters. The minimum absolute atomic E-state index is 0.0817. The number of carbonyl (C=O) groups excluding carboxylic acids is 1. The molecule has 1 amide bonds. The summed E-state index contributed by atoms with van der Waals surface area (Å²) in [6, 6.07) is 10.9. The van der Waals surface area contributed by atoms with Gasteiger partial charge in [-0.15, -0.1) is 5.10 Å². The van der Waals surface area contributed by atoms with Crippen molar-refractivity contribution in [3.63, 3.8) is 0 Å². The van der Waals surface area contributed by atoms with Crippen molar-refractivity contribution in [3.05, 3.63) is 47.8 Å². The number of hydrogen-bond donors (Lipinski definition) is 2. The molecule has 9 heteroatoms. The second-order valence-corrected chi connectivity index (χ2v) is 11.4. The summed E-state index contributed by atoms with van der Waals surface area (Å²) < 4.78 is 12.7. The van der Waals surface area contributed by atoms with Gasteiger partial charge in [-0.2, -0.15) is 0 Å². The van der Waals surface area contributed by atoms with Gasteiger partial charge < -0.3 is 24.8 Å². The molecule has 3 fully saturated rings. The number of hydrogen-bond acceptors (Lipinski definition) is 7. The third-order valence-corrected chi connectivity index (χ3v) is 8.66. The minimum Gasteiger partial charge on any atom is -0.393 e. The molecule has 2 aromatic heterocycles. The van der Waals surface area contributed by atoms with E-state index in [0.29, 0.717) is 44.8 Å². The number of amides is 1. The molecule has 1 atom stereocenters. The van der Waals surface area contributed by atoms with Crippen molar-refractivity contribution in [2.75, 3.05) is 45.3 Å². The maximum atomic E-state index is 13.4. The van der Waals surface area contributed by atoms with Crippen LogP contribution in [0.1, 0.15) is 62.6 Å². The molecule has 0 radical (unpaired) electrons. The zero-order chi connectivity index (χ0) is 27.0. The maximum absolute atomic E-state index is 13.4. The lowest BCUT2D eigenvalue weighted by atomic mass is 9.85. The van der Waals surface area contributed by atoms with Crippen molar-refractivity contribution < 1.29 is 19.4 Å². The first-order valence-electron chi connectivity index (χ1n) is 14.3. The van der Waals surface area contributed by atoms with Crippen LogP contribution in [-0.4, -0.2) is 82.7 Å². The van der Waals surface area contributed by atoms with Crippen LogP contribution in [0.2, 0.25) is 0 Å². The van der Waals surface area contributed by atoms with Crippen LogP contribution in [0, 0.1) is 0 Å². The molecular weight excluding hydrogens is 494 g/mol. The molecule has 2 saturated carbocycles. The zero-order valence-corrected chi connectivity index (χ0v) is 22.9. The quantitative estimate of drug-likeness (QED) is 0.455. The van der Waals surface area contributed by atoms with Crippen LogP contribution in [0.25, 0.3) is 16.6 Å². The number of nitrogens with zero attached hydrogens (tertiary/aromatic N) is 4. The standard InChI is InChI=1S/C30H39N5O4/c1-20(19-38-2)32-29-31-18-27-25(17-26(35(27)33-29)22-5-9-24(36)10-6-22)21-3-7-23(8-4-21)30(11-12-30)28(37)34-13-15-39-16-14-34/h3-4,7-8,17-18,20,22,24,36H,5-6,9-16,19H2,1-2H3,(H,32,33)/t20-,22-,24-/m0/s1. The molecule has 2 aliphatic carbocycles. The van der Waals surface area contributed by atoms with Gasteiger partial charge in [0, 0.05) is 43.4 Å². The van der Waals surface area contributed by atoms with E-state index in [1.165, 1.54) is 0 Å². The molecule has 3 heterocycles. The number of aliphatic hydroxyl groups excluding tert-OH is 1. The van der Waals surface area contributed by atoms with Gasteiger partial charge in [-0.05, 0) is 62.6 Å². The number of fused-ring (bicyclic) bond motifs is 1. The highest BCUT2D eigenvalue weighted by atomic mass is 16.5. The highest BCUT2D eigenvalue weighted by molar-refractivity contribution is 5.92. The third-order valence-electron chi connectivity index (χ3n) is 8.66. The third kappa shape index (κ3) is 5.15. The van der Waals surface area contributed by atoms with E-state index in [0.717, 1.165) is 66.4 Å². The largest absolute Gasteiger partial charge is 0.393 e. The molecule has 39 heavy (non-hydrogen) atoms. The molecule has 6 rings (SSSR count). The van der Waals surface area contributed by atoms with E-state index in [9.17, 15) is 9.90 Å². The predicted molar refractivity (Wildman–Crippen MR) is 149 cm³/mol. The Bertz CT molecular complexity index is 1300. The lowest BCUT2D eigenvalue weighted by Gasteiger charge is -2.30. The molecule has 1 aliphatic heterocycles. The number of anilines is 1. The predicted octanol–water partition coefficient (Wildman–Crippen LogP) is 3.75. The van der Waals surface area contributed by atoms with E-state index < -0.39 is 0 Å². The summed E-state index contributed by atoms with van der Waals surface area (Å²) in [6.07, 6.45) is 6.97. The second-order valence-electron chi connectivity index (χ2n) is 11.4. The van der Waals surface area contributed by atoms with Crippen molar-refractivity contribution in [1.29, 1.82) is 0 Å². The molecule has 9 nitrogen and oxygen atoms in total. The summed E-state index contributed by atoms with van der Waals surface area (Å²) in [5, 5.41) is 18.3. The van der Waals surface area contributed by atoms with Crippen molar-refractivity contribution >= 4 is 17.4 Å². The van der Waals surface area contributed by atoms with Gasteiger partial charge in [-0.1, -0.05) is 24.3 Å². The Balaban J connectivity index is 1.32. The van der Waals surface area contributed by atoms with Gasteiger partial charge in [0.05, 0.1) is 43.1 Å². The van der Waals surface area contributed by atoms with Gasteiger partial charge in [0.1, 0.15) is 0 Å². The van der Waals surface area contributed by atoms with Gasteiger partial charge in [0.2, 0.25) is 11.9 Å². The van der Waals surface area contributed by atoms with E-state index in [2.05, 4.69) is 40.6 Å². The molecule has 2 N–H and O–H groups in total. The van der Waals surface area contributed by atoms with Crippen LogP contribution in [-0.2, 0) is 19.7 Å². The Morgan fingerprint density at radius 1 is 1.18 bits per heavy atom. The van der Waals surface area contributed by atoms with E-state index in [4.69, 9.17) is 14.6 Å². The van der Waals surface area contributed by atoms with E-state index in [1.807, 2.05) is 22.5 Å². The lowest BCUT2D eigenvalue weighted by molar-refractivity contribution is -0.138. The van der Waals surface area contributed by atoms with Gasteiger partial charge in [0.15, 0.2) is 0 Å². The van der Waals surface area contributed by atoms with E-state index in [-0.39, 0.29) is 23.5 Å². The summed E-state index contributed by atoms with van der Waals surface area (Å²) >= 11 is 0. The molecule has 1 saturated heterocycles. The van der Waals surface area contributed by atoms with Gasteiger partial charge >= 0.3 is 0 Å². The molecular formula is C30H39N5O4. The van der Waals surface area contributed by atoms with Gasteiger partial charge in [0.25, 0.3) is 0 Å². The van der Waals surface area contributed by atoms with Crippen molar-refractivity contribution in [1.82, 2.24) is 19.5 Å². The summed E-state index contributed by atoms with van der Waals surface area (Å²) in [4.78, 5) is 20.0. The molecule has 208 valence electrons. The van der Waals surface area contributed by atoms with Gasteiger partial charge in [-0.25, -0.2) is 9.50 Å². The van der Waals surface area contributed by atoms with Crippen LogP contribution < -0.4 is 5.32 Å². The van der Waals surface area contributed by atoms with Gasteiger partial charge in [-0.3, -0.25) is 4.79 Å². The Kier molecular flexibility index (Phi) is 7.31. The first kappa shape index (κ1) is 26.2. The van der Waals surface area contributed by atoms with Crippen molar-refractivity contribution in [3.8, 4) is 11.1 Å². The number of morpholine rings is 1. The molecule has 3 aliphatic rings. The summed E-state index contributed by atoms with van der Waals surface area (Å²) in [6.45, 7) is 5.20. The normalized spacial score (nSPS) is 23.5. The highest BCUT2D eigenvalue weighted by Crippen LogP contribution is 2.50. The van der Waals surface area contributed by atoms with Crippen LogP contribution in [0.15, 0.2) is 36.5 Å². The second kappa shape index (κ2) is 10.9. The fraction of sp³-hybridized carbons (Fsp3) is 0.567. The van der Waals surface area contributed by atoms with Crippen LogP contribution >= 0.6 is 0 Å². The Labute approximate surface area is 229 Å². The maximum Gasteiger partial charge on any atom is 0.241 e. The summed E-state index contributed by atoms with van der Waals surface area (Å²) in [5.74, 6) is 1.14. The number of carbonyl (C=O) groups is 1. The average molecular weight is 534 g/mol. The molecule has 0 bridgehead atoms. The first-order valence-corrected chi connectivity index (χ1v) is 14.3. The Morgan fingerprint density at radius 3 is 2.56 bits per heavy atom. The smallest absolute Gasteiger partial charge is 0.241 e. The summed E-state index contributed by atoms with van der Waals surface area (Å²) in [5.41, 5.74) is 5.01. The van der Waals surface area contributed by atoms with Crippen LogP contribution in [0.4, 0.5) is 5.95 Å². The zero-order valence-electron chi connectivity index (χ0n) is 22.9. The molecule has 1 aromatic carbocycles. The number of nitrogens with one attached hydrogen (secondary N) is 1. The average Bonchev–Trinajstić information content (AvgIpc) is 3.69. The molecule has 3 aromatic rings. The number of aromatic nitrogens is 3. The van der Waals surface area contributed by atoms with E-state index in [1.54, 1.807) is 7.11 Å². The summed E-state index contributed by atoms with van der Waals surface area (Å²) in [7, 11) is 1.69. The number of aliphatic hydroxyl groups is 1. The fourth-order valence-corrected chi connectivity index (χ4v) is 6.28. The minimum atomic E-state index is -0.380. The number of ether oxygens (including phenoxy) is 2. The number of benzene rings is 1. The van der Waals surface area contributed by atoms with Crippen LogP contribution in [0.5, 0.6) is 0 Å². The Morgan fingerprint density at radius 2 is 1.90 bits per heavy atom. The molecule has 0 spiro atoms. The monoisotopic (exact) mass is 533 g/mol. The van der Waals surface area contributed by atoms with Crippen molar-refractivity contribution in [2.45, 2.75) is 68.9 Å². The fourth-order valence-electron chi connectivity index (χ4n) is 6.28. The number of rotatable bonds is 8. The lowest BCUT2D eigenvalue weighted by Crippen LogP contribution is -2.45. The highest BCUT2D eigenvalue weighted by Gasteiger charge is 2.53. The SMILES string of the molecule is COC[C@H](C)Nc1ncc2c(-c3ccc(C4(C(=O)N5CCOCC5)CC4)cc3)cc([C@H]3CC[C@H](O)CC3)n2n1. The van der Waals surface area contributed by atoms with Crippen LogP contribution in [0.3, 0.4) is 0 Å².